The Labute approximate surface area is 143 Å². The maximum absolute atomic E-state index is 12.4. The SMILES string of the molecule is Cc1ccc(S(=O)(=O)CN(C)CS(=O)(=O)c2ccc(C)cc2)cc1. The van der Waals surface area contributed by atoms with Crippen molar-refractivity contribution in [3.05, 3.63) is 59.7 Å². The van der Waals surface area contributed by atoms with Gasteiger partial charge in [0.1, 0.15) is 11.8 Å². The fourth-order valence-corrected chi connectivity index (χ4v) is 5.12. The number of benzene rings is 2. The molecule has 0 radical (unpaired) electrons. The van der Waals surface area contributed by atoms with Gasteiger partial charge in [-0.1, -0.05) is 35.4 Å². The van der Waals surface area contributed by atoms with Crippen LogP contribution in [0.1, 0.15) is 11.1 Å². The molecule has 5 nitrogen and oxygen atoms in total. The molecule has 0 unspecified atom stereocenters. The Balaban J connectivity index is 2.13. The first-order chi connectivity index (χ1) is 11.1. The average molecular weight is 367 g/mol. The minimum atomic E-state index is -3.58. The van der Waals surface area contributed by atoms with E-state index in [9.17, 15) is 16.8 Å². The molecule has 0 aliphatic heterocycles. The fraction of sp³-hybridized carbons (Fsp3) is 0.294. The van der Waals surface area contributed by atoms with Crippen molar-refractivity contribution in [1.82, 2.24) is 4.90 Å². The highest BCUT2D eigenvalue weighted by Crippen LogP contribution is 2.16. The van der Waals surface area contributed by atoms with Crippen LogP contribution in [0.15, 0.2) is 58.3 Å². The Kier molecular flexibility index (Phi) is 5.47. The summed E-state index contributed by atoms with van der Waals surface area (Å²) in [5, 5.41) is 0. The molecule has 0 amide bonds. The number of aryl methyl sites for hydroxylation is 2. The van der Waals surface area contributed by atoms with Crippen LogP contribution < -0.4 is 0 Å². The second-order valence-electron chi connectivity index (χ2n) is 5.97. The van der Waals surface area contributed by atoms with Gasteiger partial charge in [0.05, 0.1) is 9.79 Å². The number of hydrogen-bond acceptors (Lipinski definition) is 5. The Morgan fingerprint density at radius 1 is 0.667 bits per heavy atom. The summed E-state index contributed by atoms with van der Waals surface area (Å²) in [6, 6.07) is 13.0. The molecule has 0 aliphatic rings. The van der Waals surface area contributed by atoms with Crippen LogP contribution in [0.2, 0.25) is 0 Å². The van der Waals surface area contributed by atoms with E-state index in [1.54, 1.807) is 24.3 Å². The van der Waals surface area contributed by atoms with Gasteiger partial charge in [-0.25, -0.2) is 16.8 Å². The average Bonchev–Trinajstić information content (AvgIpc) is 2.46. The lowest BCUT2D eigenvalue weighted by Gasteiger charge is -2.17. The molecule has 0 spiro atoms. The van der Waals surface area contributed by atoms with Gasteiger partial charge < -0.3 is 0 Å². The Morgan fingerprint density at radius 3 is 1.25 bits per heavy atom. The minimum Gasteiger partial charge on any atom is -0.278 e. The zero-order valence-electron chi connectivity index (χ0n) is 13.9. The summed E-state index contributed by atoms with van der Waals surface area (Å²) in [4.78, 5) is 1.67. The molecule has 0 fully saturated rings. The van der Waals surface area contributed by atoms with Crippen molar-refractivity contribution in [2.45, 2.75) is 23.6 Å². The molecule has 0 atom stereocenters. The van der Waals surface area contributed by atoms with Gasteiger partial charge in [0.2, 0.25) is 0 Å². The van der Waals surface area contributed by atoms with Crippen molar-refractivity contribution in [1.29, 1.82) is 0 Å². The smallest absolute Gasteiger partial charge is 0.191 e. The number of sulfone groups is 2. The first-order valence-corrected chi connectivity index (χ1v) is 10.7. The summed E-state index contributed by atoms with van der Waals surface area (Å²) in [6.07, 6.45) is 0. The summed E-state index contributed by atoms with van der Waals surface area (Å²) in [5.74, 6) is -0.720. The van der Waals surface area contributed by atoms with Crippen molar-refractivity contribution in [2.75, 3.05) is 18.8 Å². The molecule has 0 aliphatic carbocycles. The largest absolute Gasteiger partial charge is 0.278 e. The van der Waals surface area contributed by atoms with Crippen molar-refractivity contribution in [3.63, 3.8) is 0 Å². The van der Waals surface area contributed by atoms with Crippen LogP contribution in [0.25, 0.3) is 0 Å². The van der Waals surface area contributed by atoms with E-state index >= 15 is 0 Å². The maximum atomic E-state index is 12.4. The standard InChI is InChI=1S/C17H21NO4S2/c1-14-4-8-16(9-5-14)23(19,20)12-18(3)13-24(21,22)17-10-6-15(2)7-11-17/h4-11H,12-13H2,1-3H3. The molecule has 0 saturated carbocycles. The van der Waals surface area contributed by atoms with E-state index in [0.717, 1.165) is 11.1 Å². The molecule has 130 valence electrons. The maximum Gasteiger partial charge on any atom is 0.191 e. The van der Waals surface area contributed by atoms with Crippen molar-refractivity contribution < 1.29 is 16.8 Å². The van der Waals surface area contributed by atoms with Crippen LogP contribution in [0.3, 0.4) is 0 Å². The first kappa shape index (κ1) is 18.6. The Morgan fingerprint density at radius 2 is 0.958 bits per heavy atom. The van der Waals surface area contributed by atoms with Gasteiger partial charge in [-0.15, -0.1) is 0 Å². The summed E-state index contributed by atoms with van der Waals surface area (Å²) < 4.78 is 49.5. The quantitative estimate of drug-likeness (QED) is 0.784. The normalized spacial score (nSPS) is 12.5. The monoisotopic (exact) mass is 367 g/mol. The van der Waals surface area contributed by atoms with Gasteiger partial charge in [-0.05, 0) is 45.2 Å². The zero-order valence-corrected chi connectivity index (χ0v) is 15.6. The van der Waals surface area contributed by atoms with E-state index in [4.69, 9.17) is 0 Å². The second kappa shape index (κ2) is 7.04. The molecule has 2 rings (SSSR count). The lowest BCUT2D eigenvalue weighted by molar-refractivity contribution is 0.430. The van der Waals surface area contributed by atoms with Crippen LogP contribution in [-0.2, 0) is 19.7 Å². The molecule has 24 heavy (non-hydrogen) atoms. The van der Waals surface area contributed by atoms with E-state index in [2.05, 4.69) is 0 Å². The second-order valence-corrected chi connectivity index (χ2v) is 9.89. The number of rotatable bonds is 6. The van der Waals surface area contributed by atoms with Crippen molar-refractivity contribution >= 4 is 19.7 Å². The van der Waals surface area contributed by atoms with Crippen LogP contribution in [0.4, 0.5) is 0 Å². The topological polar surface area (TPSA) is 71.5 Å². The highest BCUT2D eigenvalue weighted by atomic mass is 32.2. The zero-order chi connectivity index (χ0) is 18.0. The molecule has 0 heterocycles. The number of nitrogens with zero attached hydrogens (tertiary/aromatic N) is 1. The Bertz CT molecular complexity index is 823. The fourth-order valence-electron chi connectivity index (χ4n) is 2.26. The molecular formula is C17H21NO4S2. The summed E-state index contributed by atoms with van der Waals surface area (Å²) in [5.41, 5.74) is 1.92. The summed E-state index contributed by atoms with van der Waals surface area (Å²) in [6.45, 7) is 3.74. The van der Waals surface area contributed by atoms with Gasteiger partial charge >= 0.3 is 0 Å². The molecule has 0 saturated heterocycles. The van der Waals surface area contributed by atoms with Gasteiger partial charge in [-0.2, -0.15) is 0 Å². The molecule has 0 N–H and O–H groups in total. The van der Waals surface area contributed by atoms with E-state index in [-0.39, 0.29) is 21.5 Å². The highest BCUT2D eigenvalue weighted by Gasteiger charge is 2.22. The van der Waals surface area contributed by atoms with E-state index in [1.807, 2.05) is 13.8 Å². The third-order valence-corrected chi connectivity index (χ3v) is 7.08. The molecule has 7 heteroatoms. The van der Waals surface area contributed by atoms with Gasteiger partial charge in [0, 0.05) is 0 Å². The van der Waals surface area contributed by atoms with E-state index in [1.165, 1.54) is 36.2 Å². The lowest BCUT2D eigenvalue weighted by Crippen LogP contribution is -2.31. The predicted molar refractivity (Wildman–Crippen MR) is 94.2 cm³/mol. The van der Waals surface area contributed by atoms with E-state index < -0.39 is 19.7 Å². The highest BCUT2D eigenvalue weighted by molar-refractivity contribution is 7.92. The van der Waals surface area contributed by atoms with Crippen molar-refractivity contribution in [2.24, 2.45) is 0 Å². The van der Waals surface area contributed by atoms with Crippen LogP contribution in [0.5, 0.6) is 0 Å². The summed E-state index contributed by atoms with van der Waals surface area (Å²) >= 11 is 0. The molecule has 2 aromatic carbocycles. The summed E-state index contributed by atoms with van der Waals surface area (Å²) in [7, 11) is -5.67. The third-order valence-electron chi connectivity index (χ3n) is 3.54. The van der Waals surface area contributed by atoms with Gasteiger partial charge in [0.25, 0.3) is 0 Å². The van der Waals surface area contributed by atoms with Crippen LogP contribution in [-0.4, -0.2) is 40.5 Å². The van der Waals surface area contributed by atoms with Crippen molar-refractivity contribution in [3.8, 4) is 0 Å². The lowest BCUT2D eigenvalue weighted by atomic mass is 10.2. The molecular weight excluding hydrogens is 346 g/mol. The first-order valence-electron chi connectivity index (χ1n) is 7.37. The van der Waals surface area contributed by atoms with Crippen LogP contribution in [0, 0.1) is 13.8 Å². The van der Waals surface area contributed by atoms with Gasteiger partial charge in [-0.3, -0.25) is 4.90 Å². The number of hydrogen-bond donors (Lipinski definition) is 0. The van der Waals surface area contributed by atoms with Crippen LogP contribution >= 0.6 is 0 Å². The molecule has 0 aromatic heterocycles. The predicted octanol–water partition coefficient (Wildman–Crippen LogP) is 2.40. The molecule has 0 bridgehead atoms. The van der Waals surface area contributed by atoms with Gasteiger partial charge in [0.15, 0.2) is 19.7 Å². The van der Waals surface area contributed by atoms with E-state index in [0.29, 0.717) is 0 Å². The molecule has 2 aromatic rings. The minimum absolute atomic E-state index is 0.188. The Hall–Kier alpha value is -1.70. The third kappa shape index (κ3) is 4.66.